The summed E-state index contributed by atoms with van der Waals surface area (Å²) in [5.74, 6) is 1.65. The predicted molar refractivity (Wildman–Crippen MR) is 149 cm³/mol. The lowest BCUT2D eigenvalue weighted by atomic mass is 10.00. The quantitative estimate of drug-likeness (QED) is 0.219. The Morgan fingerprint density at radius 2 is 1.90 bits per heavy atom. The third kappa shape index (κ3) is 4.79. The van der Waals surface area contributed by atoms with Crippen molar-refractivity contribution in [1.82, 2.24) is 15.0 Å². The van der Waals surface area contributed by atoms with Gasteiger partial charge in [-0.2, -0.15) is 5.10 Å². The molecule has 39 heavy (non-hydrogen) atoms. The van der Waals surface area contributed by atoms with Gasteiger partial charge in [-0.1, -0.05) is 13.3 Å². The van der Waals surface area contributed by atoms with Gasteiger partial charge in [0.05, 0.1) is 32.7 Å². The van der Waals surface area contributed by atoms with Crippen LogP contribution in [0.5, 0.6) is 23.0 Å². The second kappa shape index (κ2) is 11.3. The Hall–Kier alpha value is -4.09. The van der Waals surface area contributed by atoms with E-state index in [9.17, 15) is 4.79 Å². The number of pyridine rings is 1. The minimum absolute atomic E-state index is 0.0671. The molecule has 204 valence electrons. The first-order valence-electron chi connectivity index (χ1n) is 12.5. The van der Waals surface area contributed by atoms with Crippen molar-refractivity contribution in [3.8, 4) is 28.7 Å². The number of hydrogen-bond acceptors (Lipinski definition) is 9. The molecule has 1 aromatic carbocycles. The number of benzene rings is 1. The molecule has 3 aromatic heterocycles. The Morgan fingerprint density at radius 1 is 1.18 bits per heavy atom. The Balaban J connectivity index is 1.56. The molecule has 0 bridgehead atoms. The second-order valence-corrected chi connectivity index (χ2v) is 9.88. The number of ether oxygens (including phenoxy) is 5. The van der Waals surface area contributed by atoms with Crippen LogP contribution >= 0.6 is 11.3 Å². The predicted octanol–water partition coefficient (Wildman–Crippen LogP) is 5.00. The van der Waals surface area contributed by atoms with Crippen molar-refractivity contribution in [3.05, 3.63) is 57.9 Å². The van der Waals surface area contributed by atoms with Crippen molar-refractivity contribution in [2.75, 3.05) is 28.1 Å². The molecule has 1 aliphatic rings. The maximum Gasteiger partial charge on any atom is 0.283 e. The average molecular weight is 551 g/mol. The smallest absolute Gasteiger partial charge is 0.283 e. The van der Waals surface area contributed by atoms with E-state index in [0.29, 0.717) is 46.5 Å². The number of amides is 1. The van der Waals surface area contributed by atoms with E-state index in [-0.39, 0.29) is 12.7 Å². The number of carbonyl (C=O) groups is 1. The molecule has 0 spiro atoms. The maximum atomic E-state index is 13.6. The molecule has 0 saturated carbocycles. The van der Waals surface area contributed by atoms with Gasteiger partial charge in [0.1, 0.15) is 9.71 Å². The summed E-state index contributed by atoms with van der Waals surface area (Å²) in [6.45, 7) is 4.46. The molecule has 0 aliphatic carbocycles. The summed E-state index contributed by atoms with van der Waals surface area (Å²) in [6.07, 6.45) is 6.91. The van der Waals surface area contributed by atoms with Crippen LogP contribution < -0.4 is 24.4 Å². The van der Waals surface area contributed by atoms with Gasteiger partial charge >= 0.3 is 0 Å². The first kappa shape index (κ1) is 26.5. The number of aryl methyl sites for hydroxylation is 1. The summed E-state index contributed by atoms with van der Waals surface area (Å²) in [5.41, 5.74) is 6.77. The van der Waals surface area contributed by atoms with Crippen LogP contribution in [0.1, 0.15) is 45.4 Å². The number of hydrogen-bond donors (Lipinski definition) is 1. The van der Waals surface area contributed by atoms with Gasteiger partial charge in [-0.05, 0) is 37.1 Å². The molecular formula is C28H30N4O6S. The third-order valence-corrected chi connectivity index (χ3v) is 7.42. The molecule has 0 unspecified atom stereocenters. The second-order valence-electron chi connectivity index (χ2n) is 8.88. The van der Waals surface area contributed by atoms with Crippen LogP contribution in [0.3, 0.4) is 0 Å². The summed E-state index contributed by atoms with van der Waals surface area (Å²) < 4.78 is 30.1. The van der Waals surface area contributed by atoms with Crippen molar-refractivity contribution in [2.45, 2.75) is 33.3 Å². The normalized spacial score (nSPS) is 12.4. The number of hydrazone groups is 1. The number of nitrogens with zero attached hydrogens (tertiary/aromatic N) is 3. The largest absolute Gasteiger partial charge is 0.492 e. The van der Waals surface area contributed by atoms with E-state index < -0.39 is 0 Å². The van der Waals surface area contributed by atoms with Gasteiger partial charge in [0.2, 0.25) is 18.3 Å². The minimum atomic E-state index is -0.359. The maximum absolute atomic E-state index is 13.6. The number of carbonyl (C=O) groups excluding carboxylic acids is 1. The van der Waals surface area contributed by atoms with Gasteiger partial charge in [0.25, 0.3) is 5.91 Å². The Morgan fingerprint density at radius 3 is 2.56 bits per heavy atom. The van der Waals surface area contributed by atoms with Crippen molar-refractivity contribution >= 4 is 33.7 Å². The highest BCUT2D eigenvalue weighted by Crippen LogP contribution is 2.52. The molecule has 0 atom stereocenters. The molecule has 1 N–H and O–H groups in total. The van der Waals surface area contributed by atoms with Gasteiger partial charge < -0.3 is 28.3 Å². The van der Waals surface area contributed by atoms with E-state index in [1.54, 1.807) is 27.5 Å². The fourth-order valence-electron chi connectivity index (χ4n) is 4.84. The summed E-state index contributed by atoms with van der Waals surface area (Å²) in [4.78, 5) is 19.5. The third-order valence-electron chi connectivity index (χ3n) is 6.35. The van der Waals surface area contributed by atoms with Crippen molar-refractivity contribution in [2.24, 2.45) is 5.10 Å². The van der Waals surface area contributed by atoms with Gasteiger partial charge in [-0.25, -0.2) is 10.4 Å². The fourth-order valence-corrected chi connectivity index (χ4v) is 6.00. The minimum Gasteiger partial charge on any atom is -0.492 e. The van der Waals surface area contributed by atoms with Crippen molar-refractivity contribution in [3.63, 3.8) is 0 Å². The topological polar surface area (TPSA) is 105 Å². The Bertz CT molecular complexity index is 1540. The highest BCUT2D eigenvalue weighted by Gasteiger charge is 2.31. The standard InChI is InChI=1S/C28H30N4O6S/c1-6-9-18-19(23(36-5)25-24(22(18)35-4)37-15-38-25)13-29-31-27(33)26-21(32-10-7-8-11-32)20-17(14-34-3)12-16(2)30-28(20)39-26/h7-8,10-13H,6,9,14-15H2,1-5H3,(H,31,33). The number of aromatic nitrogens is 2. The van der Waals surface area contributed by atoms with Crippen LogP contribution in [-0.2, 0) is 17.8 Å². The fraction of sp³-hybridized carbons (Fsp3) is 0.321. The summed E-state index contributed by atoms with van der Waals surface area (Å²) >= 11 is 1.32. The molecule has 5 rings (SSSR count). The molecule has 1 aliphatic heterocycles. The van der Waals surface area contributed by atoms with Gasteiger partial charge in [-0.15, -0.1) is 11.3 Å². The zero-order chi connectivity index (χ0) is 27.5. The molecule has 1 amide bonds. The molecule has 11 heteroatoms. The van der Waals surface area contributed by atoms with Crippen LogP contribution in [0, 0.1) is 6.92 Å². The van der Waals surface area contributed by atoms with E-state index in [4.69, 9.17) is 28.7 Å². The summed E-state index contributed by atoms with van der Waals surface area (Å²) in [5, 5.41) is 5.21. The van der Waals surface area contributed by atoms with Gasteiger partial charge in [0, 0.05) is 41.7 Å². The number of methoxy groups -OCH3 is 3. The van der Waals surface area contributed by atoms with E-state index in [1.807, 2.05) is 42.1 Å². The molecule has 4 heterocycles. The number of thiophene rings is 1. The van der Waals surface area contributed by atoms with Gasteiger partial charge in [0.15, 0.2) is 11.5 Å². The van der Waals surface area contributed by atoms with Gasteiger partial charge in [-0.3, -0.25) is 4.79 Å². The van der Waals surface area contributed by atoms with Crippen LogP contribution in [-0.4, -0.2) is 49.8 Å². The van der Waals surface area contributed by atoms with Crippen LogP contribution in [0.15, 0.2) is 35.7 Å². The van der Waals surface area contributed by atoms with E-state index in [1.165, 1.54) is 11.3 Å². The Kier molecular flexibility index (Phi) is 7.71. The average Bonchev–Trinajstić information content (AvgIpc) is 3.68. The van der Waals surface area contributed by atoms with E-state index in [0.717, 1.165) is 39.1 Å². The molecule has 10 nitrogen and oxygen atoms in total. The first-order chi connectivity index (χ1) is 19.0. The number of nitrogens with one attached hydrogen (secondary N) is 1. The lowest BCUT2D eigenvalue weighted by Crippen LogP contribution is -2.18. The first-order valence-corrected chi connectivity index (χ1v) is 13.3. The highest BCUT2D eigenvalue weighted by molar-refractivity contribution is 7.21. The van der Waals surface area contributed by atoms with Crippen LogP contribution in [0.25, 0.3) is 15.9 Å². The molecule has 0 fully saturated rings. The zero-order valence-corrected chi connectivity index (χ0v) is 23.3. The lowest BCUT2D eigenvalue weighted by molar-refractivity contribution is 0.0959. The summed E-state index contributed by atoms with van der Waals surface area (Å²) in [6, 6.07) is 5.81. The zero-order valence-electron chi connectivity index (χ0n) is 22.5. The van der Waals surface area contributed by atoms with Crippen molar-refractivity contribution in [1.29, 1.82) is 0 Å². The molecule has 0 saturated heterocycles. The van der Waals surface area contributed by atoms with Crippen molar-refractivity contribution < 1.29 is 28.5 Å². The molecular weight excluding hydrogens is 520 g/mol. The number of rotatable bonds is 10. The molecule has 0 radical (unpaired) electrons. The number of fused-ring (bicyclic) bond motifs is 2. The van der Waals surface area contributed by atoms with E-state index in [2.05, 4.69) is 17.5 Å². The monoisotopic (exact) mass is 550 g/mol. The SMILES string of the molecule is CCCc1c(C=NNC(=O)c2sc3nc(C)cc(COC)c3c2-n2cccc2)c(OC)c2c(c1OC)OCO2. The van der Waals surface area contributed by atoms with Crippen LogP contribution in [0.2, 0.25) is 0 Å². The van der Waals surface area contributed by atoms with E-state index >= 15 is 0 Å². The molecule has 4 aromatic rings. The van der Waals surface area contributed by atoms with Crippen LogP contribution in [0.4, 0.5) is 0 Å². The Labute approximate surface area is 230 Å². The summed E-state index contributed by atoms with van der Waals surface area (Å²) in [7, 11) is 4.80. The lowest BCUT2D eigenvalue weighted by Gasteiger charge is -2.17. The highest BCUT2D eigenvalue weighted by atomic mass is 32.1.